The van der Waals surface area contributed by atoms with E-state index in [9.17, 15) is 9.59 Å². The molecule has 2 heterocycles. The maximum Gasteiger partial charge on any atom is 0.332 e. The van der Waals surface area contributed by atoms with E-state index < -0.39 is 11.9 Å². The van der Waals surface area contributed by atoms with Crippen molar-refractivity contribution in [3.05, 3.63) is 81.2 Å². The van der Waals surface area contributed by atoms with Crippen molar-refractivity contribution in [3.8, 4) is 0 Å². The third-order valence-corrected chi connectivity index (χ3v) is 6.11. The standard InChI is InChI=1S/C22H18BrN3O3S/c1-2-29-20(27)13-19-21(28)24-22(30-19)26-18(15-8-10-16(23)11-9-15)12-17(25-26)14-6-4-3-5-7-14/h3-11,13,18H,2,12H2,1H3. The second kappa shape index (κ2) is 8.97. The van der Waals surface area contributed by atoms with Crippen LogP contribution < -0.4 is 0 Å². The van der Waals surface area contributed by atoms with Crippen molar-refractivity contribution < 1.29 is 14.3 Å². The normalized spacial score (nSPS) is 19.8. The van der Waals surface area contributed by atoms with E-state index >= 15 is 0 Å². The van der Waals surface area contributed by atoms with Crippen molar-refractivity contribution in [2.45, 2.75) is 19.4 Å². The molecule has 1 atom stereocenters. The van der Waals surface area contributed by atoms with E-state index in [4.69, 9.17) is 9.84 Å². The first-order valence-corrected chi connectivity index (χ1v) is 11.0. The van der Waals surface area contributed by atoms with Gasteiger partial charge in [0.05, 0.1) is 23.3 Å². The van der Waals surface area contributed by atoms with Crippen LogP contribution >= 0.6 is 27.7 Å². The second-order valence-corrected chi connectivity index (χ2v) is 8.52. The first-order chi connectivity index (χ1) is 14.5. The van der Waals surface area contributed by atoms with Gasteiger partial charge in [-0.05, 0) is 41.9 Å². The highest BCUT2D eigenvalue weighted by atomic mass is 79.9. The van der Waals surface area contributed by atoms with E-state index in [1.807, 2.05) is 54.6 Å². The van der Waals surface area contributed by atoms with E-state index in [0.717, 1.165) is 33.1 Å². The molecule has 0 fully saturated rings. The molecular formula is C22H18BrN3O3S. The van der Waals surface area contributed by atoms with E-state index in [0.29, 0.717) is 11.6 Å². The maximum atomic E-state index is 12.4. The molecule has 2 aliphatic rings. The number of carbonyl (C=O) groups excluding carboxylic acids is 2. The molecule has 6 nitrogen and oxygen atoms in total. The molecule has 30 heavy (non-hydrogen) atoms. The lowest BCUT2D eigenvalue weighted by molar-refractivity contribution is -0.137. The zero-order valence-corrected chi connectivity index (χ0v) is 18.5. The zero-order valence-electron chi connectivity index (χ0n) is 16.1. The molecule has 0 aromatic heterocycles. The van der Waals surface area contributed by atoms with Gasteiger partial charge in [0.2, 0.25) is 0 Å². The number of esters is 1. The van der Waals surface area contributed by atoms with Gasteiger partial charge in [-0.15, -0.1) is 0 Å². The van der Waals surface area contributed by atoms with Crippen LogP contribution in [0, 0.1) is 0 Å². The molecule has 0 aliphatic carbocycles. The van der Waals surface area contributed by atoms with Crippen molar-refractivity contribution in [1.82, 2.24) is 5.01 Å². The van der Waals surface area contributed by atoms with Crippen LogP contribution in [-0.2, 0) is 14.3 Å². The fraction of sp³-hybridized carbons (Fsp3) is 0.182. The number of halogens is 1. The van der Waals surface area contributed by atoms with Crippen LogP contribution in [0.2, 0.25) is 0 Å². The fourth-order valence-electron chi connectivity index (χ4n) is 3.22. The van der Waals surface area contributed by atoms with Gasteiger partial charge in [0.15, 0.2) is 5.17 Å². The van der Waals surface area contributed by atoms with Crippen molar-refractivity contribution in [2.75, 3.05) is 6.61 Å². The summed E-state index contributed by atoms with van der Waals surface area (Å²) in [7, 11) is 0. The Morgan fingerprint density at radius 1 is 1.23 bits per heavy atom. The summed E-state index contributed by atoms with van der Waals surface area (Å²) in [6.45, 7) is 1.96. The predicted octanol–water partition coefficient (Wildman–Crippen LogP) is 4.68. The average molecular weight is 484 g/mol. The minimum atomic E-state index is -0.552. The van der Waals surface area contributed by atoms with Gasteiger partial charge >= 0.3 is 5.97 Å². The Morgan fingerprint density at radius 3 is 2.67 bits per heavy atom. The number of nitrogens with zero attached hydrogens (tertiary/aromatic N) is 3. The summed E-state index contributed by atoms with van der Waals surface area (Å²) in [6, 6.07) is 17.9. The molecule has 152 valence electrons. The topological polar surface area (TPSA) is 71.3 Å². The third kappa shape index (κ3) is 4.39. The summed E-state index contributed by atoms with van der Waals surface area (Å²) in [5.74, 6) is -1.01. The third-order valence-electron chi connectivity index (χ3n) is 4.61. The molecule has 0 saturated heterocycles. The van der Waals surface area contributed by atoms with Crippen LogP contribution in [0.15, 0.2) is 80.1 Å². The molecule has 2 aliphatic heterocycles. The van der Waals surface area contributed by atoms with Gasteiger partial charge in [0.25, 0.3) is 5.91 Å². The first kappa shape index (κ1) is 20.6. The maximum absolute atomic E-state index is 12.4. The molecule has 0 radical (unpaired) electrons. The number of ether oxygens (including phenoxy) is 1. The smallest absolute Gasteiger partial charge is 0.332 e. The lowest BCUT2D eigenvalue weighted by Gasteiger charge is -2.22. The number of thioether (sulfide) groups is 1. The highest BCUT2D eigenvalue weighted by molar-refractivity contribution is 9.10. The van der Waals surface area contributed by atoms with Gasteiger partial charge in [0, 0.05) is 17.0 Å². The zero-order chi connectivity index (χ0) is 21.1. The lowest BCUT2D eigenvalue weighted by atomic mass is 9.99. The Labute approximate surface area is 186 Å². The van der Waals surface area contributed by atoms with Crippen LogP contribution in [0.5, 0.6) is 0 Å². The summed E-state index contributed by atoms with van der Waals surface area (Å²) in [6.07, 6.45) is 1.87. The van der Waals surface area contributed by atoms with Gasteiger partial charge in [0.1, 0.15) is 0 Å². The van der Waals surface area contributed by atoms with Gasteiger partial charge < -0.3 is 4.74 Å². The number of hydrogen-bond acceptors (Lipinski definition) is 6. The second-order valence-electron chi connectivity index (χ2n) is 6.59. The Hall–Kier alpha value is -2.71. The van der Waals surface area contributed by atoms with Gasteiger partial charge in [-0.3, -0.25) is 4.79 Å². The molecule has 0 saturated carbocycles. The molecule has 1 amide bonds. The number of aliphatic imine (C=N–C) groups is 1. The monoisotopic (exact) mass is 483 g/mol. The SMILES string of the molecule is CCOC(=O)C=C1SC(N2N=C(c3ccccc3)CC2c2ccc(Br)cc2)=NC1=O. The van der Waals surface area contributed by atoms with E-state index in [1.54, 1.807) is 11.9 Å². The molecule has 0 bridgehead atoms. The summed E-state index contributed by atoms with van der Waals surface area (Å²) in [4.78, 5) is 28.5. The highest BCUT2D eigenvalue weighted by Gasteiger charge is 2.36. The molecule has 2 aromatic carbocycles. The summed E-state index contributed by atoms with van der Waals surface area (Å²) >= 11 is 4.61. The van der Waals surface area contributed by atoms with Crippen LogP contribution in [0.4, 0.5) is 0 Å². The first-order valence-electron chi connectivity index (χ1n) is 9.42. The number of amidine groups is 1. The minimum Gasteiger partial charge on any atom is -0.463 e. The average Bonchev–Trinajstić information content (AvgIpc) is 3.34. The Kier molecular flexibility index (Phi) is 6.15. The quantitative estimate of drug-likeness (QED) is 0.466. The van der Waals surface area contributed by atoms with Gasteiger partial charge in [-0.1, -0.05) is 58.4 Å². The molecular weight excluding hydrogens is 466 g/mol. The number of amides is 1. The number of hydrazone groups is 1. The molecule has 8 heteroatoms. The molecule has 0 spiro atoms. The Morgan fingerprint density at radius 2 is 1.97 bits per heavy atom. The molecule has 1 unspecified atom stereocenters. The van der Waals surface area contributed by atoms with Crippen LogP contribution in [0.1, 0.15) is 30.5 Å². The molecule has 4 rings (SSSR count). The molecule has 0 N–H and O–H groups in total. The number of rotatable bonds is 4. The predicted molar refractivity (Wildman–Crippen MR) is 121 cm³/mol. The van der Waals surface area contributed by atoms with Crippen molar-refractivity contribution in [2.24, 2.45) is 10.1 Å². The van der Waals surface area contributed by atoms with E-state index in [1.165, 1.54) is 6.08 Å². The fourth-order valence-corrected chi connectivity index (χ4v) is 4.36. The Bertz CT molecular complexity index is 1060. The van der Waals surface area contributed by atoms with Gasteiger partial charge in [-0.25, -0.2) is 9.80 Å². The highest BCUT2D eigenvalue weighted by Crippen LogP contribution is 2.39. The van der Waals surface area contributed by atoms with E-state index in [-0.39, 0.29) is 17.6 Å². The number of carbonyl (C=O) groups is 2. The van der Waals surface area contributed by atoms with Gasteiger partial charge in [-0.2, -0.15) is 10.1 Å². The summed E-state index contributed by atoms with van der Waals surface area (Å²) in [5, 5.41) is 7.03. The minimum absolute atomic E-state index is 0.103. The largest absolute Gasteiger partial charge is 0.463 e. The number of benzene rings is 2. The van der Waals surface area contributed by atoms with Crippen LogP contribution in [0.3, 0.4) is 0 Å². The van der Waals surface area contributed by atoms with Crippen LogP contribution in [0.25, 0.3) is 0 Å². The molecule has 2 aromatic rings. The van der Waals surface area contributed by atoms with Crippen molar-refractivity contribution in [1.29, 1.82) is 0 Å². The van der Waals surface area contributed by atoms with Crippen molar-refractivity contribution in [3.63, 3.8) is 0 Å². The van der Waals surface area contributed by atoms with Crippen LogP contribution in [-0.4, -0.2) is 34.4 Å². The Balaban J connectivity index is 1.66. The summed E-state index contributed by atoms with van der Waals surface area (Å²) in [5.41, 5.74) is 3.01. The van der Waals surface area contributed by atoms with Crippen molar-refractivity contribution >= 4 is 50.4 Å². The van der Waals surface area contributed by atoms with E-state index in [2.05, 4.69) is 20.9 Å². The summed E-state index contributed by atoms with van der Waals surface area (Å²) < 4.78 is 5.90. The lowest BCUT2D eigenvalue weighted by Crippen LogP contribution is -2.23. The number of hydrogen-bond donors (Lipinski definition) is 0.